The molecule has 0 atom stereocenters. The molecule has 0 fully saturated rings. The first-order valence-corrected chi connectivity index (χ1v) is 6.33. The van der Waals surface area contributed by atoms with Crippen molar-refractivity contribution in [3.8, 4) is 11.3 Å². The van der Waals surface area contributed by atoms with Gasteiger partial charge in [-0.15, -0.1) is 0 Å². The van der Waals surface area contributed by atoms with E-state index in [9.17, 15) is 13.2 Å². The second-order valence-electron chi connectivity index (χ2n) is 4.36. The number of halogens is 3. The van der Waals surface area contributed by atoms with Gasteiger partial charge in [0.25, 0.3) is 0 Å². The number of rotatable bonds is 5. The molecular weight excluding hydrogens is 271 g/mol. The number of hydrogen-bond acceptors (Lipinski definition) is 3. The second kappa shape index (κ2) is 5.66. The van der Waals surface area contributed by atoms with Crippen molar-refractivity contribution in [1.82, 2.24) is 19.6 Å². The maximum atomic E-state index is 12.8. The zero-order chi connectivity index (χ0) is 14.8. The van der Waals surface area contributed by atoms with Crippen LogP contribution in [-0.2, 0) is 19.3 Å². The lowest BCUT2D eigenvalue weighted by Crippen LogP contribution is -2.10. The lowest BCUT2D eigenvalue weighted by Gasteiger charge is -2.04. The molecule has 2 aromatic heterocycles. The van der Waals surface area contributed by atoms with E-state index in [1.807, 2.05) is 6.92 Å². The highest BCUT2D eigenvalue weighted by Gasteiger charge is 2.35. The van der Waals surface area contributed by atoms with Crippen LogP contribution in [0.3, 0.4) is 0 Å². The van der Waals surface area contributed by atoms with Gasteiger partial charge in [0.15, 0.2) is 5.69 Å². The predicted molar refractivity (Wildman–Crippen MR) is 67.8 cm³/mol. The first-order chi connectivity index (χ1) is 9.45. The van der Waals surface area contributed by atoms with Gasteiger partial charge < -0.3 is 5.73 Å². The molecule has 2 aromatic rings. The monoisotopic (exact) mass is 287 g/mol. The minimum atomic E-state index is -4.45. The summed E-state index contributed by atoms with van der Waals surface area (Å²) >= 11 is 0. The highest BCUT2D eigenvalue weighted by atomic mass is 19.4. The van der Waals surface area contributed by atoms with Gasteiger partial charge in [-0.3, -0.25) is 9.36 Å². The number of hydrogen-bond donors (Lipinski definition) is 1. The van der Waals surface area contributed by atoms with Gasteiger partial charge in [-0.1, -0.05) is 0 Å². The fourth-order valence-electron chi connectivity index (χ4n) is 1.87. The van der Waals surface area contributed by atoms with Gasteiger partial charge in [-0.2, -0.15) is 23.4 Å². The van der Waals surface area contributed by atoms with Crippen molar-refractivity contribution < 1.29 is 13.2 Å². The molecule has 5 nitrogen and oxygen atoms in total. The first kappa shape index (κ1) is 14.6. The standard InChI is InChI=1S/C12H16F3N5/c1-2-19-8-9(7-17-19)10-6-11(12(13,14)15)18-20(10)5-3-4-16/h6-8H,2-5,16H2,1H3. The van der Waals surface area contributed by atoms with Gasteiger partial charge in [0.2, 0.25) is 0 Å². The van der Waals surface area contributed by atoms with Gasteiger partial charge in [-0.25, -0.2) is 0 Å². The van der Waals surface area contributed by atoms with Crippen LogP contribution in [0.25, 0.3) is 11.3 Å². The van der Waals surface area contributed by atoms with E-state index in [0.29, 0.717) is 37.3 Å². The first-order valence-electron chi connectivity index (χ1n) is 6.33. The Balaban J connectivity index is 2.40. The van der Waals surface area contributed by atoms with E-state index in [1.165, 1.54) is 4.68 Å². The van der Waals surface area contributed by atoms with E-state index in [-0.39, 0.29) is 0 Å². The summed E-state index contributed by atoms with van der Waals surface area (Å²) in [5, 5.41) is 7.70. The molecule has 0 amide bonds. The van der Waals surface area contributed by atoms with Gasteiger partial charge in [0, 0.05) is 24.8 Å². The number of nitrogens with zero attached hydrogens (tertiary/aromatic N) is 4. The lowest BCUT2D eigenvalue weighted by atomic mass is 10.2. The zero-order valence-corrected chi connectivity index (χ0v) is 11.1. The maximum Gasteiger partial charge on any atom is 0.435 e. The van der Waals surface area contributed by atoms with Gasteiger partial charge in [0.1, 0.15) is 0 Å². The van der Waals surface area contributed by atoms with Crippen molar-refractivity contribution in [3.05, 3.63) is 24.2 Å². The quantitative estimate of drug-likeness (QED) is 0.916. The third-order valence-electron chi connectivity index (χ3n) is 2.90. The third kappa shape index (κ3) is 3.01. The van der Waals surface area contributed by atoms with Crippen LogP contribution in [0.2, 0.25) is 0 Å². The average molecular weight is 287 g/mol. The molecule has 0 bridgehead atoms. The van der Waals surface area contributed by atoms with Crippen molar-refractivity contribution in [2.75, 3.05) is 6.54 Å². The third-order valence-corrected chi connectivity index (χ3v) is 2.90. The Bertz CT molecular complexity index is 570. The molecule has 0 aromatic carbocycles. The molecule has 2 rings (SSSR count). The van der Waals surface area contributed by atoms with Crippen molar-refractivity contribution in [2.45, 2.75) is 32.6 Å². The van der Waals surface area contributed by atoms with Gasteiger partial charge >= 0.3 is 6.18 Å². The smallest absolute Gasteiger partial charge is 0.330 e. The van der Waals surface area contributed by atoms with Crippen molar-refractivity contribution >= 4 is 0 Å². The van der Waals surface area contributed by atoms with Crippen LogP contribution >= 0.6 is 0 Å². The van der Waals surface area contributed by atoms with Crippen LogP contribution in [0.1, 0.15) is 19.0 Å². The Morgan fingerprint density at radius 1 is 1.35 bits per heavy atom. The summed E-state index contributed by atoms with van der Waals surface area (Å²) in [4.78, 5) is 0. The number of nitrogens with two attached hydrogens (primary N) is 1. The van der Waals surface area contributed by atoms with Crippen LogP contribution in [0.4, 0.5) is 13.2 Å². The summed E-state index contributed by atoms with van der Waals surface area (Å²) in [6.07, 6.45) is -0.646. The minimum absolute atomic E-state index is 0.346. The van der Waals surface area contributed by atoms with Crippen LogP contribution in [0.15, 0.2) is 18.5 Å². The molecule has 0 radical (unpaired) electrons. The molecule has 0 unspecified atom stereocenters. The largest absolute Gasteiger partial charge is 0.435 e. The molecule has 20 heavy (non-hydrogen) atoms. The van der Waals surface area contributed by atoms with E-state index in [2.05, 4.69) is 10.2 Å². The van der Waals surface area contributed by atoms with Crippen molar-refractivity contribution in [3.63, 3.8) is 0 Å². The molecule has 2 heterocycles. The predicted octanol–water partition coefficient (Wildman–Crippen LogP) is 2.13. The average Bonchev–Trinajstić information content (AvgIpc) is 3.01. The Morgan fingerprint density at radius 2 is 2.10 bits per heavy atom. The number of aromatic nitrogens is 4. The Hall–Kier alpha value is -1.83. The zero-order valence-electron chi connectivity index (χ0n) is 11.1. The Kier molecular flexibility index (Phi) is 4.12. The molecule has 0 aliphatic rings. The van der Waals surface area contributed by atoms with Crippen molar-refractivity contribution in [2.24, 2.45) is 5.73 Å². The summed E-state index contributed by atoms with van der Waals surface area (Å²) in [6.45, 7) is 3.31. The second-order valence-corrected chi connectivity index (χ2v) is 4.36. The molecule has 0 saturated carbocycles. The number of alkyl halides is 3. The molecule has 0 spiro atoms. The Morgan fingerprint density at radius 3 is 2.65 bits per heavy atom. The normalized spacial score (nSPS) is 12.1. The van der Waals surface area contributed by atoms with E-state index in [4.69, 9.17) is 5.73 Å². The van der Waals surface area contributed by atoms with E-state index < -0.39 is 11.9 Å². The number of aryl methyl sites for hydroxylation is 2. The van der Waals surface area contributed by atoms with E-state index in [1.54, 1.807) is 17.1 Å². The molecule has 2 N–H and O–H groups in total. The molecule has 8 heteroatoms. The summed E-state index contributed by atoms with van der Waals surface area (Å²) < 4.78 is 41.3. The van der Waals surface area contributed by atoms with Crippen LogP contribution < -0.4 is 5.73 Å². The van der Waals surface area contributed by atoms with Crippen LogP contribution in [-0.4, -0.2) is 26.1 Å². The van der Waals surface area contributed by atoms with Crippen LogP contribution in [0.5, 0.6) is 0 Å². The summed E-state index contributed by atoms with van der Waals surface area (Å²) in [5.74, 6) is 0. The molecule has 0 aliphatic carbocycles. The van der Waals surface area contributed by atoms with Gasteiger partial charge in [0.05, 0.1) is 11.9 Å². The molecule has 0 saturated heterocycles. The maximum absolute atomic E-state index is 12.8. The highest BCUT2D eigenvalue weighted by Crippen LogP contribution is 2.31. The van der Waals surface area contributed by atoms with E-state index >= 15 is 0 Å². The summed E-state index contributed by atoms with van der Waals surface area (Å²) in [5.41, 5.74) is 5.53. The molecular formula is C12H16F3N5. The fourth-order valence-corrected chi connectivity index (χ4v) is 1.87. The Labute approximate surface area is 114 Å². The molecule has 110 valence electrons. The molecule has 0 aliphatic heterocycles. The SMILES string of the molecule is CCn1cc(-c2cc(C(F)(F)F)nn2CCCN)cn1. The highest BCUT2D eigenvalue weighted by molar-refractivity contribution is 5.58. The lowest BCUT2D eigenvalue weighted by molar-refractivity contribution is -0.141. The summed E-state index contributed by atoms with van der Waals surface area (Å²) in [7, 11) is 0. The topological polar surface area (TPSA) is 61.7 Å². The fraction of sp³-hybridized carbons (Fsp3) is 0.500. The minimum Gasteiger partial charge on any atom is -0.330 e. The van der Waals surface area contributed by atoms with E-state index in [0.717, 1.165) is 6.07 Å². The van der Waals surface area contributed by atoms with Crippen molar-refractivity contribution in [1.29, 1.82) is 0 Å². The van der Waals surface area contributed by atoms with Crippen LogP contribution in [0, 0.1) is 0 Å². The van der Waals surface area contributed by atoms with Gasteiger partial charge in [-0.05, 0) is 26.0 Å². The summed E-state index contributed by atoms with van der Waals surface area (Å²) in [6, 6.07) is 1.05.